The van der Waals surface area contributed by atoms with Gasteiger partial charge in [0.1, 0.15) is 18.1 Å². The minimum absolute atomic E-state index is 0.0268. The second-order valence-electron chi connectivity index (χ2n) is 7.86. The minimum Gasteiger partial charge on any atom is -0.480 e. The second kappa shape index (κ2) is 12.8. The van der Waals surface area contributed by atoms with Crippen molar-refractivity contribution >= 4 is 29.6 Å². The molecule has 4 atom stereocenters. The molecule has 0 spiro atoms. The molecule has 15 heteroatoms. The van der Waals surface area contributed by atoms with Crippen LogP contribution in [-0.2, 0) is 36.8 Å². The summed E-state index contributed by atoms with van der Waals surface area (Å²) in [4.78, 5) is 73.7. The number of nitrogens with zero attached hydrogens (tertiary/aromatic N) is 2. The van der Waals surface area contributed by atoms with E-state index < -0.39 is 53.8 Å². The van der Waals surface area contributed by atoms with E-state index in [9.17, 15) is 29.1 Å². The van der Waals surface area contributed by atoms with Crippen molar-refractivity contribution in [1.82, 2.24) is 35.9 Å². The first-order chi connectivity index (χ1) is 16.6. The predicted molar refractivity (Wildman–Crippen MR) is 120 cm³/mol. The van der Waals surface area contributed by atoms with Crippen molar-refractivity contribution in [3.05, 3.63) is 36.4 Å². The summed E-state index contributed by atoms with van der Waals surface area (Å²) in [5.41, 5.74) is 12.2. The summed E-state index contributed by atoms with van der Waals surface area (Å²) in [6.07, 6.45) is 5.59. The smallest absolute Gasteiger partial charge is 0.326 e. The van der Waals surface area contributed by atoms with Crippen LogP contribution < -0.4 is 27.4 Å². The van der Waals surface area contributed by atoms with E-state index in [0.29, 0.717) is 11.4 Å². The van der Waals surface area contributed by atoms with E-state index in [4.69, 9.17) is 11.5 Å². The number of rotatable bonds is 14. The molecule has 0 fully saturated rings. The molecule has 0 radical (unpaired) electrons. The van der Waals surface area contributed by atoms with Gasteiger partial charge in [-0.25, -0.2) is 14.8 Å². The van der Waals surface area contributed by atoms with E-state index in [1.165, 1.54) is 32.0 Å². The lowest BCUT2D eigenvalue weighted by Gasteiger charge is -2.23. The van der Waals surface area contributed by atoms with Gasteiger partial charge in [-0.05, 0) is 13.3 Å². The Morgan fingerprint density at radius 3 is 2.00 bits per heavy atom. The van der Waals surface area contributed by atoms with Crippen LogP contribution in [0.3, 0.4) is 0 Å². The number of nitrogens with two attached hydrogens (primary N) is 2. The number of H-pyrrole nitrogens is 2. The van der Waals surface area contributed by atoms with Crippen LogP contribution >= 0.6 is 0 Å². The molecule has 35 heavy (non-hydrogen) atoms. The van der Waals surface area contributed by atoms with Gasteiger partial charge in [0.15, 0.2) is 0 Å². The van der Waals surface area contributed by atoms with Gasteiger partial charge in [0.25, 0.3) is 0 Å². The van der Waals surface area contributed by atoms with Crippen LogP contribution in [0.25, 0.3) is 0 Å². The maximum absolute atomic E-state index is 12.9. The topological polar surface area (TPSA) is 251 Å². The average Bonchev–Trinajstić information content (AvgIpc) is 3.49. The van der Waals surface area contributed by atoms with E-state index >= 15 is 0 Å². The van der Waals surface area contributed by atoms with E-state index in [2.05, 4.69) is 35.9 Å². The number of carbonyl (C=O) groups is 5. The Morgan fingerprint density at radius 1 is 0.914 bits per heavy atom. The highest BCUT2D eigenvalue weighted by Gasteiger charge is 2.29. The SMILES string of the molecule is CC(NC(=O)C(Cc1cnc[nH]1)NC(=O)C(N)Cc1cnc[nH]1)C(=O)NC(CCC(N)=O)C(=O)O. The van der Waals surface area contributed by atoms with E-state index in [1.54, 1.807) is 0 Å². The molecule has 190 valence electrons. The zero-order valence-corrected chi connectivity index (χ0v) is 19.0. The first kappa shape index (κ1) is 27.0. The lowest BCUT2D eigenvalue weighted by atomic mass is 10.1. The molecule has 4 unspecified atom stereocenters. The third kappa shape index (κ3) is 8.88. The molecule has 2 aromatic rings. The molecule has 0 aliphatic carbocycles. The zero-order chi connectivity index (χ0) is 26.0. The number of primary amides is 1. The summed E-state index contributed by atoms with van der Waals surface area (Å²) in [7, 11) is 0. The van der Waals surface area contributed by atoms with Crippen molar-refractivity contribution < 1.29 is 29.1 Å². The second-order valence-corrected chi connectivity index (χ2v) is 7.86. The van der Waals surface area contributed by atoms with Gasteiger partial charge in [0.05, 0.1) is 18.7 Å². The number of imidazole rings is 2. The standard InChI is InChI=1S/C20H29N9O6/c1-10(17(31)28-14(20(34)35)2-3-16(22)30)27-19(33)15(5-12-7-24-9-26-12)29-18(32)13(21)4-11-6-23-8-25-11/h6-10,13-15H,2-5,21H2,1H3,(H2,22,30)(H,23,25)(H,24,26)(H,27,33)(H,28,31)(H,29,32)(H,34,35). The number of carboxylic acids is 1. The Morgan fingerprint density at radius 2 is 1.49 bits per heavy atom. The van der Waals surface area contributed by atoms with Crippen LogP contribution in [0.5, 0.6) is 0 Å². The summed E-state index contributed by atoms with van der Waals surface area (Å²) in [6, 6.07) is -4.61. The number of aromatic nitrogens is 4. The summed E-state index contributed by atoms with van der Waals surface area (Å²) >= 11 is 0. The van der Waals surface area contributed by atoms with Crippen molar-refractivity contribution in [3.8, 4) is 0 Å². The molecule has 0 aliphatic heterocycles. The monoisotopic (exact) mass is 491 g/mol. The van der Waals surface area contributed by atoms with Gasteiger partial charge >= 0.3 is 5.97 Å². The van der Waals surface area contributed by atoms with Gasteiger partial charge in [0.2, 0.25) is 23.6 Å². The first-order valence-corrected chi connectivity index (χ1v) is 10.7. The summed E-state index contributed by atoms with van der Waals surface area (Å²) in [5, 5.41) is 16.5. The largest absolute Gasteiger partial charge is 0.480 e. The molecule has 0 saturated heterocycles. The van der Waals surface area contributed by atoms with Crippen LogP contribution in [-0.4, -0.2) is 78.8 Å². The maximum Gasteiger partial charge on any atom is 0.326 e. The van der Waals surface area contributed by atoms with Crippen molar-refractivity contribution in [1.29, 1.82) is 0 Å². The Balaban J connectivity index is 2.02. The molecule has 0 bridgehead atoms. The molecule has 2 rings (SSSR count). The summed E-state index contributed by atoms with van der Waals surface area (Å²) in [5.74, 6) is -4.16. The highest BCUT2D eigenvalue weighted by molar-refractivity contribution is 5.94. The van der Waals surface area contributed by atoms with E-state index in [-0.39, 0.29) is 25.7 Å². The number of aliphatic carboxylic acids is 1. The van der Waals surface area contributed by atoms with E-state index in [1.807, 2.05) is 0 Å². The fraction of sp³-hybridized carbons (Fsp3) is 0.450. The van der Waals surface area contributed by atoms with Gasteiger partial charge < -0.3 is 42.5 Å². The minimum atomic E-state index is -1.37. The van der Waals surface area contributed by atoms with Crippen LogP contribution in [0.2, 0.25) is 0 Å². The molecular formula is C20H29N9O6. The van der Waals surface area contributed by atoms with Crippen LogP contribution in [0, 0.1) is 0 Å². The molecule has 2 heterocycles. The molecule has 2 aromatic heterocycles. The lowest BCUT2D eigenvalue weighted by Crippen LogP contribution is -2.57. The molecule has 0 aliphatic rings. The molecule has 4 amide bonds. The van der Waals surface area contributed by atoms with Gasteiger partial charge in [-0.3, -0.25) is 19.2 Å². The van der Waals surface area contributed by atoms with Gasteiger partial charge in [0, 0.05) is 43.0 Å². The molecular weight excluding hydrogens is 462 g/mol. The average molecular weight is 492 g/mol. The van der Waals surface area contributed by atoms with Crippen LogP contribution in [0.1, 0.15) is 31.2 Å². The summed E-state index contributed by atoms with van der Waals surface area (Å²) in [6.45, 7) is 1.35. The zero-order valence-electron chi connectivity index (χ0n) is 19.0. The first-order valence-electron chi connectivity index (χ1n) is 10.7. The van der Waals surface area contributed by atoms with Gasteiger partial charge in [-0.15, -0.1) is 0 Å². The Hall–Kier alpha value is -4.27. The number of hydrogen-bond acceptors (Lipinski definition) is 8. The summed E-state index contributed by atoms with van der Waals surface area (Å²) < 4.78 is 0. The Bertz CT molecular complexity index is 1010. The predicted octanol–water partition coefficient (Wildman–Crippen LogP) is -2.93. The number of aromatic amines is 2. The van der Waals surface area contributed by atoms with Crippen LogP contribution in [0.4, 0.5) is 0 Å². The molecule has 15 nitrogen and oxygen atoms in total. The maximum atomic E-state index is 12.9. The number of carboxylic acid groups (broad SMARTS) is 1. The normalized spacial score (nSPS) is 14.2. The van der Waals surface area contributed by atoms with Crippen LogP contribution in [0.15, 0.2) is 25.0 Å². The number of carbonyl (C=O) groups excluding carboxylic acids is 4. The van der Waals surface area contributed by atoms with Gasteiger partial charge in [-0.2, -0.15) is 0 Å². The quantitative estimate of drug-likeness (QED) is 0.134. The number of hydrogen-bond donors (Lipinski definition) is 8. The van der Waals surface area contributed by atoms with Crippen molar-refractivity contribution in [2.45, 2.75) is 56.8 Å². The lowest BCUT2D eigenvalue weighted by molar-refractivity contribution is -0.142. The molecule has 0 saturated carbocycles. The Kier molecular flexibility index (Phi) is 9.89. The highest BCUT2D eigenvalue weighted by Crippen LogP contribution is 2.03. The number of nitrogens with one attached hydrogen (secondary N) is 5. The molecule has 0 aromatic carbocycles. The van der Waals surface area contributed by atoms with E-state index in [0.717, 1.165) is 0 Å². The third-order valence-corrected chi connectivity index (χ3v) is 4.99. The third-order valence-electron chi connectivity index (χ3n) is 4.99. The Labute approximate surface area is 199 Å². The highest BCUT2D eigenvalue weighted by atomic mass is 16.4. The fourth-order valence-electron chi connectivity index (χ4n) is 3.05. The van der Waals surface area contributed by atoms with Crippen molar-refractivity contribution in [2.75, 3.05) is 0 Å². The van der Waals surface area contributed by atoms with Gasteiger partial charge in [-0.1, -0.05) is 0 Å². The van der Waals surface area contributed by atoms with Crippen molar-refractivity contribution in [2.24, 2.45) is 11.5 Å². The fourth-order valence-corrected chi connectivity index (χ4v) is 3.05. The molecule has 10 N–H and O–H groups in total. The van der Waals surface area contributed by atoms with Crippen molar-refractivity contribution in [3.63, 3.8) is 0 Å². The number of amides is 4.